The van der Waals surface area contributed by atoms with Crippen molar-refractivity contribution in [1.82, 2.24) is 0 Å². The lowest BCUT2D eigenvalue weighted by Gasteiger charge is -2.36. The molecule has 6 nitrogen and oxygen atoms in total. The molecule has 1 fully saturated rings. The third kappa shape index (κ3) is 2.64. The van der Waals surface area contributed by atoms with Gasteiger partial charge in [0.25, 0.3) is 0 Å². The highest BCUT2D eigenvalue weighted by Gasteiger charge is 2.46. The number of nitrogens with zero attached hydrogens (tertiary/aromatic N) is 1. The van der Waals surface area contributed by atoms with Crippen LogP contribution in [0.1, 0.15) is 24.3 Å². The van der Waals surface area contributed by atoms with E-state index < -0.39 is 18.2 Å². The van der Waals surface area contributed by atoms with Crippen molar-refractivity contribution < 1.29 is 24.5 Å². The van der Waals surface area contributed by atoms with Gasteiger partial charge in [-0.25, -0.2) is 0 Å². The van der Waals surface area contributed by atoms with E-state index in [-0.39, 0.29) is 25.0 Å². The Balaban J connectivity index is 1.90. The van der Waals surface area contributed by atoms with Crippen LogP contribution < -0.4 is 9.64 Å². The summed E-state index contributed by atoms with van der Waals surface area (Å²) in [6, 6.07) is 6.00. The molecule has 0 spiro atoms. The van der Waals surface area contributed by atoms with Crippen LogP contribution in [-0.4, -0.2) is 55.2 Å². The first-order valence-electron chi connectivity index (χ1n) is 7.45. The summed E-state index contributed by atoms with van der Waals surface area (Å²) in [4.78, 5) is 13.0. The van der Waals surface area contributed by atoms with E-state index in [9.17, 15) is 9.90 Å². The molecule has 4 atom stereocenters. The number of hydrogen-bond acceptors (Lipinski definition) is 5. The monoisotopic (exact) mass is 307 g/mol. The van der Waals surface area contributed by atoms with Gasteiger partial charge in [0.2, 0.25) is 0 Å². The third-order valence-corrected chi connectivity index (χ3v) is 4.40. The predicted octanol–water partition coefficient (Wildman–Crippen LogP) is 1.22. The van der Waals surface area contributed by atoms with E-state index in [1.54, 1.807) is 0 Å². The molecule has 120 valence electrons. The minimum absolute atomic E-state index is 0.0532. The fourth-order valence-electron chi connectivity index (χ4n) is 3.35. The summed E-state index contributed by atoms with van der Waals surface area (Å²) in [6.45, 7) is -0.175. The number of carboxylic acid groups (broad SMARTS) is 1. The highest BCUT2D eigenvalue weighted by Crippen LogP contribution is 2.47. The van der Waals surface area contributed by atoms with Crippen molar-refractivity contribution in [3.63, 3.8) is 0 Å². The van der Waals surface area contributed by atoms with Gasteiger partial charge in [-0.05, 0) is 24.6 Å². The maximum Gasteiger partial charge on any atom is 0.305 e. The number of carboxylic acids is 1. The molecule has 0 radical (unpaired) electrons. The Kier molecular flexibility index (Phi) is 3.97. The van der Waals surface area contributed by atoms with Crippen molar-refractivity contribution in [2.75, 3.05) is 25.6 Å². The number of hydrogen-bond donors (Lipinski definition) is 2. The zero-order chi connectivity index (χ0) is 15.9. The van der Waals surface area contributed by atoms with Gasteiger partial charge < -0.3 is 24.6 Å². The van der Waals surface area contributed by atoms with Gasteiger partial charge in [0.05, 0.1) is 19.1 Å². The first-order valence-corrected chi connectivity index (χ1v) is 7.45. The summed E-state index contributed by atoms with van der Waals surface area (Å²) in [6.07, 6.45) is -0.589. The Morgan fingerprint density at radius 2 is 2.18 bits per heavy atom. The van der Waals surface area contributed by atoms with E-state index in [1.807, 2.05) is 31.1 Å². The summed E-state index contributed by atoms with van der Waals surface area (Å²) in [5.74, 6) is -0.0231. The SMILES string of the molecule is CN(C)c1ccc2c(c1)[C@H]1C[C@H](CC(=O)O)O[C@H](CO)[C@H]1O2. The largest absolute Gasteiger partial charge is 0.487 e. The van der Waals surface area contributed by atoms with Crippen molar-refractivity contribution >= 4 is 11.7 Å². The van der Waals surface area contributed by atoms with Crippen LogP contribution in [0.15, 0.2) is 18.2 Å². The normalized spacial score (nSPS) is 29.4. The molecule has 3 rings (SSSR count). The number of ether oxygens (including phenoxy) is 2. The van der Waals surface area contributed by atoms with Crippen LogP contribution in [0.25, 0.3) is 0 Å². The molecule has 22 heavy (non-hydrogen) atoms. The Morgan fingerprint density at radius 3 is 2.82 bits per heavy atom. The van der Waals surface area contributed by atoms with E-state index in [1.165, 1.54) is 0 Å². The standard InChI is InChI=1S/C16H21NO5/c1-17(2)9-3-4-13-11(5-9)12-6-10(7-15(19)20)21-14(8-18)16(12)22-13/h3-5,10,12,14,16,18H,6-8H2,1-2H3,(H,19,20)/t10-,12-,14-,16+/m1/s1. The second-order valence-corrected chi connectivity index (χ2v) is 6.12. The van der Waals surface area contributed by atoms with Crippen LogP contribution in [0.2, 0.25) is 0 Å². The Bertz CT molecular complexity index is 574. The van der Waals surface area contributed by atoms with Crippen molar-refractivity contribution in [3.05, 3.63) is 23.8 Å². The number of aliphatic hydroxyl groups is 1. The molecule has 2 heterocycles. The van der Waals surface area contributed by atoms with Crippen LogP contribution in [0.4, 0.5) is 5.69 Å². The van der Waals surface area contributed by atoms with E-state index in [2.05, 4.69) is 6.07 Å². The molecular weight excluding hydrogens is 286 g/mol. The quantitative estimate of drug-likeness (QED) is 0.871. The van der Waals surface area contributed by atoms with Gasteiger partial charge in [-0.2, -0.15) is 0 Å². The summed E-state index contributed by atoms with van der Waals surface area (Å²) in [5, 5.41) is 18.5. The van der Waals surface area contributed by atoms with Crippen molar-refractivity contribution in [1.29, 1.82) is 0 Å². The van der Waals surface area contributed by atoms with Gasteiger partial charge in [0, 0.05) is 31.3 Å². The molecule has 6 heteroatoms. The Morgan fingerprint density at radius 1 is 1.41 bits per heavy atom. The minimum atomic E-state index is -0.888. The number of carbonyl (C=O) groups is 1. The molecular formula is C16H21NO5. The maximum absolute atomic E-state index is 11.0. The highest BCUT2D eigenvalue weighted by atomic mass is 16.6. The number of fused-ring (bicyclic) bond motifs is 3. The van der Waals surface area contributed by atoms with Gasteiger partial charge in [-0.15, -0.1) is 0 Å². The average Bonchev–Trinajstić information content (AvgIpc) is 2.83. The van der Waals surface area contributed by atoms with Crippen LogP contribution in [0.5, 0.6) is 5.75 Å². The Labute approximate surface area is 129 Å². The number of aliphatic carboxylic acids is 1. The molecule has 0 unspecified atom stereocenters. The molecule has 0 bridgehead atoms. The van der Waals surface area contributed by atoms with Crippen LogP contribution in [-0.2, 0) is 9.53 Å². The third-order valence-electron chi connectivity index (χ3n) is 4.40. The molecule has 1 aromatic rings. The lowest BCUT2D eigenvalue weighted by molar-refractivity contribution is -0.153. The second-order valence-electron chi connectivity index (χ2n) is 6.12. The molecule has 0 aromatic heterocycles. The fraction of sp³-hybridized carbons (Fsp3) is 0.562. The molecule has 2 aliphatic rings. The number of anilines is 1. The number of aliphatic hydroxyl groups excluding tert-OH is 1. The topological polar surface area (TPSA) is 79.2 Å². The summed E-state index contributed by atoms with van der Waals surface area (Å²) in [7, 11) is 3.95. The van der Waals surface area contributed by atoms with Gasteiger partial charge in [-0.3, -0.25) is 4.79 Å². The smallest absolute Gasteiger partial charge is 0.305 e. The van der Waals surface area contributed by atoms with Gasteiger partial charge in [0.1, 0.15) is 18.0 Å². The lowest BCUT2D eigenvalue weighted by Crippen LogP contribution is -2.46. The van der Waals surface area contributed by atoms with Gasteiger partial charge in [-0.1, -0.05) is 0 Å². The second kappa shape index (κ2) is 5.78. The predicted molar refractivity (Wildman–Crippen MR) is 80.5 cm³/mol. The van der Waals surface area contributed by atoms with Crippen molar-refractivity contribution in [3.8, 4) is 5.75 Å². The van der Waals surface area contributed by atoms with Crippen molar-refractivity contribution in [2.45, 2.75) is 37.1 Å². The number of rotatable bonds is 4. The first kappa shape index (κ1) is 15.1. The van der Waals surface area contributed by atoms with E-state index >= 15 is 0 Å². The van der Waals surface area contributed by atoms with Crippen LogP contribution >= 0.6 is 0 Å². The zero-order valence-electron chi connectivity index (χ0n) is 12.7. The lowest BCUT2D eigenvalue weighted by atomic mass is 9.84. The van der Waals surface area contributed by atoms with Gasteiger partial charge in [0.15, 0.2) is 0 Å². The van der Waals surface area contributed by atoms with Crippen LogP contribution in [0, 0.1) is 0 Å². The molecule has 0 aliphatic carbocycles. The Hall–Kier alpha value is -1.79. The summed E-state index contributed by atoms with van der Waals surface area (Å²) in [5.41, 5.74) is 2.15. The van der Waals surface area contributed by atoms with E-state index in [0.717, 1.165) is 17.0 Å². The molecule has 2 aliphatic heterocycles. The first-order chi connectivity index (χ1) is 10.5. The summed E-state index contributed by atoms with van der Waals surface area (Å²) >= 11 is 0. The molecule has 2 N–H and O–H groups in total. The molecule has 0 saturated carbocycles. The van der Waals surface area contributed by atoms with Gasteiger partial charge >= 0.3 is 5.97 Å². The van der Waals surface area contributed by atoms with Crippen molar-refractivity contribution in [2.24, 2.45) is 0 Å². The molecule has 1 aromatic carbocycles. The average molecular weight is 307 g/mol. The summed E-state index contributed by atoms with van der Waals surface area (Å²) < 4.78 is 11.7. The van der Waals surface area contributed by atoms with E-state index in [4.69, 9.17) is 14.6 Å². The number of benzene rings is 1. The zero-order valence-corrected chi connectivity index (χ0v) is 12.7. The van der Waals surface area contributed by atoms with Crippen LogP contribution in [0.3, 0.4) is 0 Å². The fourth-order valence-corrected chi connectivity index (χ4v) is 3.35. The highest BCUT2D eigenvalue weighted by molar-refractivity contribution is 5.67. The maximum atomic E-state index is 11.0. The molecule has 0 amide bonds. The minimum Gasteiger partial charge on any atom is -0.487 e. The molecule has 1 saturated heterocycles. The van der Waals surface area contributed by atoms with E-state index in [0.29, 0.717) is 6.42 Å².